The molecule has 3 rings (SSSR count). The van der Waals surface area contributed by atoms with Crippen molar-refractivity contribution in [1.29, 1.82) is 5.26 Å². The zero-order valence-corrected chi connectivity index (χ0v) is 24.5. The molecule has 2 heteroatoms. The van der Waals surface area contributed by atoms with Crippen LogP contribution in [0.4, 0.5) is 5.69 Å². The van der Waals surface area contributed by atoms with E-state index in [-0.39, 0.29) is 10.8 Å². The summed E-state index contributed by atoms with van der Waals surface area (Å²) in [6.07, 6.45) is 8.13. The van der Waals surface area contributed by atoms with Crippen LogP contribution in [0.15, 0.2) is 18.2 Å². The van der Waals surface area contributed by atoms with Gasteiger partial charge in [-0.1, -0.05) is 87.6 Å². The van der Waals surface area contributed by atoms with Crippen LogP contribution in [0.5, 0.6) is 0 Å². The molecule has 1 aromatic carbocycles. The molecule has 0 heterocycles. The van der Waals surface area contributed by atoms with E-state index >= 15 is 0 Å². The molecule has 0 saturated heterocycles. The lowest BCUT2D eigenvalue weighted by atomic mass is 9.46. The molecule has 0 aromatic heterocycles. The van der Waals surface area contributed by atoms with Crippen molar-refractivity contribution < 1.29 is 0 Å². The van der Waals surface area contributed by atoms with E-state index in [1.807, 2.05) is 33.8 Å². The van der Waals surface area contributed by atoms with Crippen LogP contribution in [0.2, 0.25) is 0 Å². The van der Waals surface area contributed by atoms with Crippen molar-refractivity contribution in [2.24, 2.45) is 28.6 Å². The van der Waals surface area contributed by atoms with Crippen molar-refractivity contribution in [3.63, 3.8) is 0 Å². The van der Waals surface area contributed by atoms with Gasteiger partial charge in [0.2, 0.25) is 0 Å². The number of hydrogen-bond acceptors (Lipinski definition) is 2. The average molecular weight is 479 g/mol. The average Bonchev–Trinajstić information content (AvgIpc) is 2.84. The van der Waals surface area contributed by atoms with Crippen molar-refractivity contribution in [3.05, 3.63) is 39.8 Å². The second kappa shape index (κ2) is 13.3. The number of nitriles is 1. The Morgan fingerprint density at radius 3 is 2.31 bits per heavy atom. The first-order valence-corrected chi connectivity index (χ1v) is 14.2. The molecule has 0 radical (unpaired) electrons. The largest absolute Gasteiger partial charge is 0.385 e. The lowest BCUT2D eigenvalue weighted by Crippen LogP contribution is -2.51. The SMILES string of the molecule is C=C1CCCC2C1(C)CCC(C)C2(C)Cc1c(C#N)c(=C)cc(NCCC(C)C)c1=C.CC.CC. The summed E-state index contributed by atoms with van der Waals surface area (Å²) < 4.78 is 0. The Bertz CT molecular complexity index is 982. The third-order valence-electron chi connectivity index (χ3n) is 8.90. The summed E-state index contributed by atoms with van der Waals surface area (Å²) in [6, 6.07) is 4.49. The number of rotatable bonds is 6. The van der Waals surface area contributed by atoms with Crippen molar-refractivity contribution in [1.82, 2.24) is 0 Å². The number of fused-ring (bicyclic) bond motifs is 1. The Balaban J connectivity index is 0.00000145. The molecule has 4 atom stereocenters. The quantitative estimate of drug-likeness (QED) is 0.418. The highest BCUT2D eigenvalue weighted by Crippen LogP contribution is 2.62. The van der Waals surface area contributed by atoms with Crippen molar-refractivity contribution in [2.45, 2.75) is 107 Å². The highest BCUT2D eigenvalue weighted by Gasteiger charge is 2.54. The van der Waals surface area contributed by atoms with Crippen LogP contribution in [0, 0.1) is 39.9 Å². The molecular formula is C33H54N2. The van der Waals surface area contributed by atoms with E-state index in [0.29, 0.717) is 17.8 Å². The molecule has 0 amide bonds. The van der Waals surface area contributed by atoms with Crippen molar-refractivity contribution in [2.75, 3.05) is 11.9 Å². The molecule has 1 aromatic rings. The fraction of sp³-hybridized carbons (Fsp3) is 0.667. The summed E-state index contributed by atoms with van der Waals surface area (Å²) in [5.74, 6) is 1.85. The van der Waals surface area contributed by atoms with Gasteiger partial charge in [-0.2, -0.15) is 5.26 Å². The van der Waals surface area contributed by atoms with Gasteiger partial charge in [0.05, 0.1) is 5.56 Å². The summed E-state index contributed by atoms with van der Waals surface area (Å²) in [6.45, 7) is 34.0. The summed E-state index contributed by atoms with van der Waals surface area (Å²) >= 11 is 0. The minimum absolute atomic E-state index is 0.122. The van der Waals surface area contributed by atoms with E-state index in [2.05, 4.69) is 65.7 Å². The summed E-state index contributed by atoms with van der Waals surface area (Å²) in [4.78, 5) is 0. The molecule has 4 unspecified atom stereocenters. The fourth-order valence-corrected chi connectivity index (χ4v) is 6.47. The van der Waals surface area contributed by atoms with E-state index in [0.717, 1.165) is 46.6 Å². The minimum Gasteiger partial charge on any atom is -0.385 e. The maximum Gasteiger partial charge on any atom is 0.100 e. The van der Waals surface area contributed by atoms with Gasteiger partial charge in [-0.25, -0.2) is 0 Å². The Labute approximate surface area is 217 Å². The van der Waals surface area contributed by atoms with Crippen LogP contribution in [0.25, 0.3) is 13.2 Å². The standard InChI is InChI=1S/C29H42N2.2C2H6/c1-19(2)13-15-31-26-16-20(3)25(18-30)24(23(26)6)17-29(8)22(5)12-14-28(7)21(4)10-9-11-27(28)29;2*1-2/h16,19,22,27,31H,3-4,6,9-15,17H2,1-2,5,7-8H3;2*1-2H3. The fourth-order valence-electron chi connectivity index (χ4n) is 6.47. The predicted molar refractivity (Wildman–Crippen MR) is 157 cm³/mol. The Morgan fingerprint density at radius 2 is 1.74 bits per heavy atom. The maximum absolute atomic E-state index is 10.0. The predicted octanol–water partition coefficient (Wildman–Crippen LogP) is 8.23. The van der Waals surface area contributed by atoms with Gasteiger partial charge < -0.3 is 5.32 Å². The van der Waals surface area contributed by atoms with Gasteiger partial charge in [-0.15, -0.1) is 0 Å². The highest BCUT2D eigenvalue weighted by molar-refractivity contribution is 5.56. The molecule has 35 heavy (non-hydrogen) atoms. The van der Waals surface area contributed by atoms with E-state index in [4.69, 9.17) is 0 Å². The smallest absolute Gasteiger partial charge is 0.100 e. The molecule has 0 spiro atoms. The van der Waals surface area contributed by atoms with Gasteiger partial charge in [0.1, 0.15) is 6.07 Å². The minimum atomic E-state index is 0.122. The summed E-state index contributed by atoms with van der Waals surface area (Å²) in [7, 11) is 0. The topological polar surface area (TPSA) is 35.8 Å². The van der Waals surface area contributed by atoms with Gasteiger partial charge in [0.25, 0.3) is 0 Å². The second-order valence-electron chi connectivity index (χ2n) is 11.2. The molecule has 2 saturated carbocycles. The number of hydrogen-bond donors (Lipinski definition) is 1. The molecule has 1 N–H and O–H groups in total. The van der Waals surface area contributed by atoms with Crippen molar-refractivity contribution >= 4 is 18.8 Å². The molecule has 2 fully saturated rings. The van der Waals surface area contributed by atoms with Crippen LogP contribution in [0.1, 0.15) is 112 Å². The monoisotopic (exact) mass is 478 g/mol. The number of nitrogens with zero attached hydrogens (tertiary/aromatic N) is 1. The molecule has 2 nitrogen and oxygen atoms in total. The van der Waals surface area contributed by atoms with E-state index in [1.54, 1.807) is 0 Å². The summed E-state index contributed by atoms with van der Waals surface area (Å²) in [5.41, 5.74) is 4.67. The van der Waals surface area contributed by atoms with Crippen molar-refractivity contribution in [3.8, 4) is 6.07 Å². The molecule has 196 valence electrons. The molecule has 0 aliphatic heterocycles. The number of benzene rings is 1. The van der Waals surface area contributed by atoms with Crippen LogP contribution in [0.3, 0.4) is 0 Å². The Hall–Kier alpha value is -2.01. The van der Waals surface area contributed by atoms with Crippen LogP contribution < -0.4 is 15.8 Å². The lowest BCUT2D eigenvalue weighted by molar-refractivity contribution is -0.0490. The van der Waals surface area contributed by atoms with Crippen LogP contribution >= 0.6 is 0 Å². The van der Waals surface area contributed by atoms with Gasteiger partial charge >= 0.3 is 0 Å². The first-order valence-electron chi connectivity index (χ1n) is 14.2. The van der Waals surface area contributed by atoms with E-state index in [9.17, 15) is 5.26 Å². The van der Waals surface area contributed by atoms with E-state index < -0.39 is 0 Å². The lowest BCUT2D eigenvalue weighted by Gasteiger charge is -2.59. The first kappa shape index (κ1) is 31.0. The number of nitrogens with one attached hydrogen (secondary N) is 1. The molecular weight excluding hydrogens is 424 g/mol. The Kier molecular flexibility index (Phi) is 11.8. The normalized spacial score (nSPS) is 27.5. The highest BCUT2D eigenvalue weighted by atomic mass is 14.9. The zero-order valence-electron chi connectivity index (χ0n) is 24.5. The Morgan fingerprint density at radius 1 is 1.11 bits per heavy atom. The first-order chi connectivity index (χ1) is 16.5. The number of allylic oxidation sites excluding steroid dienone is 1. The van der Waals surface area contributed by atoms with Gasteiger partial charge in [-0.3, -0.25) is 0 Å². The maximum atomic E-state index is 10.0. The van der Waals surface area contributed by atoms with Gasteiger partial charge in [0.15, 0.2) is 0 Å². The molecule has 0 bridgehead atoms. The van der Waals surface area contributed by atoms with Gasteiger partial charge in [-0.05, 0) is 95.6 Å². The van der Waals surface area contributed by atoms with E-state index in [1.165, 1.54) is 37.7 Å². The number of anilines is 1. The van der Waals surface area contributed by atoms with Gasteiger partial charge in [0, 0.05) is 12.2 Å². The third-order valence-corrected chi connectivity index (χ3v) is 8.90. The molecule has 2 aliphatic carbocycles. The third kappa shape index (κ3) is 6.41. The zero-order chi connectivity index (χ0) is 27.0. The van der Waals surface area contributed by atoms with Crippen LogP contribution in [-0.4, -0.2) is 6.54 Å². The summed E-state index contributed by atoms with van der Waals surface area (Å²) in [5, 5.41) is 15.4. The van der Waals surface area contributed by atoms with Crippen LogP contribution in [-0.2, 0) is 6.42 Å². The molecule has 2 aliphatic rings. The second-order valence-corrected chi connectivity index (χ2v) is 11.2.